The van der Waals surface area contributed by atoms with E-state index in [1.165, 1.54) is 49.8 Å². The van der Waals surface area contributed by atoms with Crippen LogP contribution in [0.4, 0.5) is 0 Å². The third-order valence-electron chi connectivity index (χ3n) is 5.98. The molecule has 0 bridgehead atoms. The first-order chi connectivity index (χ1) is 14.3. The third kappa shape index (κ3) is 4.30. The van der Waals surface area contributed by atoms with E-state index in [-0.39, 0.29) is 0 Å². The predicted molar refractivity (Wildman–Crippen MR) is 118 cm³/mol. The Bertz CT molecular complexity index is 926. The Morgan fingerprint density at radius 2 is 2.00 bits per heavy atom. The standard InChI is InChI=1S/C24H32N4O/c1-3-4-5-6-9-21-23(18-10-12-20(29-2)13-11-18)24-26-16-14-22(28(24)27-21)19-8-7-15-25-17-19/h10-14,16,19,25H,3-9,15,17H2,1-2H3. The number of piperidine rings is 1. The molecule has 0 aliphatic carbocycles. The first-order valence-corrected chi connectivity index (χ1v) is 11.0. The summed E-state index contributed by atoms with van der Waals surface area (Å²) in [4.78, 5) is 4.77. The number of aryl methyl sites for hydroxylation is 1. The van der Waals surface area contributed by atoms with Crippen molar-refractivity contribution in [1.29, 1.82) is 0 Å². The Hall–Kier alpha value is -2.40. The summed E-state index contributed by atoms with van der Waals surface area (Å²) in [6, 6.07) is 10.4. The Kier molecular flexibility index (Phi) is 6.45. The fraction of sp³-hybridized carbons (Fsp3) is 0.500. The number of unbranched alkanes of at least 4 members (excludes halogenated alkanes) is 3. The van der Waals surface area contributed by atoms with Crippen LogP contribution in [0, 0.1) is 0 Å². The maximum absolute atomic E-state index is 5.35. The van der Waals surface area contributed by atoms with Gasteiger partial charge < -0.3 is 10.1 Å². The van der Waals surface area contributed by atoms with Gasteiger partial charge in [0.1, 0.15) is 5.75 Å². The lowest BCUT2D eigenvalue weighted by atomic mass is 9.96. The zero-order valence-corrected chi connectivity index (χ0v) is 17.7. The molecule has 29 heavy (non-hydrogen) atoms. The zero-order chi connectivity index (χ0) is 20.1. The number of nitrogens with one attached hydrogen (secondary N) is 1. The van der Waals surface area contributed by atoms with Crippen LogP contribution in [-0.4, -0.2) is 34.8 Å². The van der Waals surface area contributed by atoms with Crippen LogP contribution in [0.3, 0.4) is 0 Å². The van der Waals surface area contributed by atoms with E-state index in [0.29, 0.717) is 5.92 Å². The summed E-state index contributed by atoms with van der Waals surface area (Å²) in [5, 5.41) is 8.64. The maximum Gasteiger partial charge on any atom is 0.163 e. The Morgan fingerprint density at radius 1 is 1.14 bits per heavy atom. The molecule has 1 aliphatic heterocycles. The molecule has 1 aliphatic rings. The summed E-state index contributed by atoms with van der Waals surface area (Å²) >= 11 is 0. The molecule has 1 atom stereocenters. The van der Waals surface area contributed by atoms with E-state index < -0.39 is 0 Å². The lowest BCUT2D eigenvalue weighted by Crippen LogP contribution is -2.29. The molecule has 0 amide bonds. The largest absolute Gasteiger partial charge is 0.497 e. The normalized spacial score (nSPS) is 17.0. The number of aromatic nitrogens is 3. The van der Waals surface area contributed by atoms with Crippen molar-refractivity contribution in [2.45, 2.75) is 57.8 Å². The van der Waals surface area contributed by atoms with Gasteiger partial charge >= 0.3 is 0 Å². The van der Waals surface area contributed by atoms with Crippen molar-refractivity contribution >= 4 is 5.65 Å². The molecular weight excluding hydrogens is 360 g/mol. The minimum atomic E-state index is 0.491. The smallest absolute Gasteiger partial charge is 0.163 e. The van der Waals surface area contributed by atoms with Gasteiger partial charge in [0.15, 0.2) is 5.65 Å². The predicted octanol–water partition coefficient (Wildman–Crippen LogP) is 4.99. The minimum Gasteiger partial charge on any atom is -0.497 e. The molecule has 1 aromatic carbocycles. The first kappa shape index (κ1) is 19.9. The molecule has 0 radical (unpaired) electrons. The average Bonchev–Trinajstić information content (AvgIpc) is 3.16. The highest BCUT2D eigenvalue weighted by atomic mass is 16.5. The highest BCUT2D eigenvalue weighted by molar-refractivity contribution is 5.80. The summed E-state index contributed by atoms with van der Waals surface area (Å²) in [6.45, 7) is 4.38. The third-order valence-corrected chi connectivity index (χ3v) is 5.98. The van der Waals surface area contributed by atoms with Gasteiger partial charge in [0.05, 0.1) is 18.5 Å². The number of rotatable bonds is 8. The van der Waals surface area contributed by atoms with Crippen molar-refractivity contribution in [1.82, 2.24) is 19.9 Å². The van der Waals surface area contributed by atoms with Crippen LogP contribution in [-0.2, 0) is 6.42 Å². The molecule has 2 aromatic heterocycles. The molecule has 5 nitrogen and oxygen atoms in total. The highest BCUT2D eigenvalue weighted by Gasteiger charge is 2.22. The first-order valence-electron chi connectivity index (χ1n) is 11.0. The van der Waals surface area contributed by atoms with E-state index >= 15 is 0 Å². The Morgan fingerprint density at radius 3 is 2.72 bits per heavy atom. The van der Waals surface area contributed by atoms with Crippen molar-refractivity contribution in [3.8, 4) is 16.9 Å². The summed E-state index contributed by atoms with van der Waals surface area (Å²) < 4.78 is 7.47. The van der Waals surface area contributed by atoms with Gasteiger partial charge in [-0.15, -0.1) is 0 Å². The second-order valence-corrected chi connectivity index (χ2v) is 8.01. The van der Waals surface area contributed by atoms with Crippen molar-refractivity contribution in [2.24, 2.45) is 0 Å². The molecule has 3 aromatic rings. The van der Waals surface area contributed by atoms with Crippen LogP contribution in [0.5, 0.6) is 5.75 Å². The molecule has 1 unspecified atom stereocenters. The van der Waals surface area contributed by atoms with Crippen LogP contribution < -0.4 is 10.1 Å². The van der Waals surface area contributed by atoms with Crippen molar-refractivity contribution in [3.05, 3.63) is 47.9 Å². The summed E-state index contributed by atoms with van der Waals surface area (Å²) in [7, 11) is 1.70. The quantitative estimate of drug-likeness (QED) is 0.549. The minimum absolute atomic E-state index is 0.491. The van der Waals surface area contributed by atoms with Gasteiger partial charge in [0, 0.05) is 24.2 Å². The van der Waals surface area contributed by atoms with E-state index in [0.717, 1.165) is 42.2 Å². The van der Waals surface area contributed by atoms with Crippen LogP contribution in [0.2, 0.25) is 0 Å². The topological polar surface area (TPSA) is 51.5 Å². The number of nitrogens with zero attached hydrogens (tertiary/aromatic N) is 3. The molecule has 0 spiro atoms. The van der Waals surface area contributed by atoms with Crippen molar-refractivity contribution in [2.75, 3.05) is 20.2 Å². The number of ether oxygens (including phenoxy) is 1. The molecule has 4 rings (SSSR count). The van der Waals surface area contributed by atoms with E-state index in [1.54, 1.807) is 7.11 Å². The number of hydrogen-bond donors (Lipinski definition) is 1. The van der Waals surface area contributed by atoms with E-state index in [2.05, 4.69) is 35.0 Å². The van der Waals surface area contributed by atoms with Gasteiger partial charge in [-0.3, -0.25) is 0 Å². The lowest BCUT2D eigenvalue weighted by molar-refractivity contribution is 0.415. The second-order valence-electron chi connectivity index (χ2n) is 8.01. The van der Waals surface area contributed by atoms with Gasteiger partial charge in [-0.05, 0) is 56.0 Å². The fourth-order valence-corrected chi connectivity index (χ4v) is 4.37. The lowest BCUT2D eigenvalue weighted by Gasteiger charge is -2.23. The zero-order valence-electron chi connectivity index (χ0n) is 17.7. The molecule has 1 saturated heterocycles. The molecule has 0 saturated carbocycles. The van der Waals surface area contributed by atoms with Crippen molar-refractivity contribution in [3.63, 3.8) is 0 Å². The van der Waals surface area contributed by atoms with Crippen LogP contribution in [0.25, 0.3) is 16.8 Å². The van der Waals surface area contributed by atoms with Crippen LogP contribution in [0.15, 0.2) is 36.5 Å². The number of benzene rings is 1. The van der Waals surface area contributed by atoms with Gasteiger partial charge in [-0.25, -0.2) is 9.50 Å². The number of hydrogen-bond acceptors (Lipinski definition) is 4. The van der Waals surface area contributed by atoms with E-state index in [9.17, 15) is 0 Å². The highest BCUT2D eigenvalue weighted by Crippen LogP contribution is 2.32. The molecule has 1 N–H and O–H groups in total. The average molecular weight is 393 g/mol. The van der Waals surface area contributed by atoms with Gasteiger partial charge in [-0.1, -0.05) is 38.3 Å². The van der Waals surface area contributed by atoms with E-state index in [4.69, 9.17) is 14.8 Å². The number of methoxy groups -OCH3 is 1. The van der Waals surface area contributed by atoms with Gasteiger partial charge in [0.2, 0.25) is 0 Å². The van der Waals surface area contributed by atoms with Crippen LogP contribution in [0.1, 0.15) is 62.8 Å². The Labute approximate surface area is 173 Å². The van der Waals surface area contributed by atoms with Crippen LogP contribution >= 0.6 is 0 Å². The second kappa shape index (κ2) is 9.40. The molecule has 154 valence electrons. The molecule has 1 fully saturated rings. The fourth-order valence-electron chi connectivity index (χ4n) is 4.37. The monoisotopic (exact) mass is 392 g/mol. The Balaban J connectivity index is 1.77. The maximum atomic E-state index is 5.35. The summed E-state index contributed by atoms with van der Waals surface area (Å²) in [5.41, 5.74) is 5.75. The molecule has 5 heteroatoms. The SMILES string of the molecule is CCCCCCc1nn2c(C3CCCNC3)ccnc2c1-c1ccc(OC)cc1. The van der Waals surface area contributed by atoms with Crippen molar-refractivity contribution < 1.29 is 4.74 Å². The number of fused-ring (bicyclic) bond motifs is 1. The molecular formula is C24H32N4O. The molecule has 3 heterocycles. The van der Waals surface area contributed by atoms with Gasteiger partial charge in [-0.2, -0.15) is 5.10 Å². The van der Waals surface area contributed by atoms with Gasteiger partial charge in [0.25, 0.3) is 0 Å². The summed E-state index contributed by atoms with van der Waals surface area (Å²) in [5.74, 6) is 1.36. The summed E-state index contributed by atoms with van der Waals surface area (Å²) in [6.07, 6.45) is 10.3. The van der Waals surface area contributed by atoms with E-state index in [1.807, 2.05) is 18.3 Å².